The largest absolute Gasteiger partial charge is 0.496 e. The molecule has 18 heavy (non-hydrogen) atoms. The molecule has 0 heterocycles. The summed E-state index contributed by atoms with van der Waals surface area (Å²) < 4.78 is 32.1. The van der Waals surface area contributed by atoms with Crippen LogP contribution in [-0.4, -0.2) is 21.6 Å². The van der Waals surface area contributed by atoms with E-state index in [0.717, 1.165) is 5.56 Å². The molecule has 102 valence electrons. The number of hydrogen-bond donors (Lipinski definition) is 1. The molecule has 0 spiro atoms. The van der Waals surface area contributed by atoms with E-state index in [1.165, 1.54) is 0 Å². The summed E-state index contributed by atoms with van der Waals surface area (Å²) in [6, 6.07) is 4.75. The quantitative estimate of drug-likeness (QED) is 0.894. The van der Waals surface area contributed by atoms with Crippen LogP contribution in [0.5, 0.6) is 5.75 Å². The highest BCUT2D eigenvalue weighted by atomic mass is 32.2. The maximum absolute atomic E-state index is 12.1. The molecule has 1 N–H and O–H groups in total. The summed E-state index contributed by atoms with van der Waals surface area (Å²) in [4.78, 5) is 0.272. The van der Waals surface area contributed by atoms with Gasteiger partial charge in [-0.1, -0.05) is 13.8 Å². The van der Waals surface area contributed by atoms with Gasteiger partial charge in [-0.25, -0.2) is 13.1 Å². The van der Waals surface area contributed by atoms with Gasteiger partial charge >= 0.3 is 0 Å². The van der Waals surface area contributed by atoms with Crippen molar-refractivity contribution in [2.24, 2.45) is 5.92 Å². The standard InChI is InChI=1S/C13H21NO3S/c1-9(2)11(4)14-18(15,16)12-6-7-13(17-5)10(3)8-12/h6-9,11,14H,1-5H3/t11-/m1/s1. The molecule has 0 amide bonds. The van der Waals surface area contributed by atoms with Crippen molar-refractivity contribution in [2.45, 2.75) is 38.6 Å². The maximum Gasteiger partial charge on any atom is 0.240 e. The van der Waals surface area contributed by atoms with Crippen LogP contribution in [0.25, 0.3) is 0 Å². The lowest BCUT2D eigenvalue weighted by Gasteiger charge is -2.18. The average molecular weight is 271 g/mol. The number of aryl methyl sites for hydroxylation is 1. The Morgan fingerprint density at radius 2 is 1.83 bits per heavy atom. The Bertz CT molecular complexity index is 509. The van der Waals surface area contributed by atoms with Crippen LogP contribution in [0.1, 0.15) is 26.3 Å². The van der Waals surface area contributed by atoms with Crippen LogP contribution in [-0.2, 0) is 10.0 Å². The van der Waals surface area contributed by atoms with Crippen molar-refractivity contribution in [3.8, 4) is 5.75 Å². The maximum atomic E-state index is 12.1. The van der Waals surface area contributed by atoms with Crippen molar-refractivity contribution in [3.63, 3.8) is 0 Å². The first-order valence-corrected chi connectivity index (χ1v) is 7.43. The molecule has 1 atom stereocenters. The molecule has 0 fully saturated rings. The molecule has 1 aromatic rings. The average Bonchev–Trinajstić information content (AvgIpc) is 2.28. The molecule has 5 heteroatoms. The molecule has 0 aliphatic heterocycles. The van der Waals surface area contributed by atoms with E-state index in [4.69, 9.17) is 4.74 Å². The molecular weight excluding hydrogens is 250 g/mol. The molecule has 0 bridgehead atoms. The van der Waals surface area contributed by atoms with Gasteiger partial charge in [0.1, 0.15) is 5.75 Å². The third-order valence-corrected chi connectivity index (χ3v) is 4.57. The van der Waals surface area contributed by atoms with Gasteiger partial charge in [-0.05, 0) is 43.5 Å². The van der Waals surface area contributed by atoms with Gasteiger partial charge in [0, 0.05) is 6.04 Å². The zero-order valence-corrected chi connectivity index (χ0v) is 12.3. The fourth-order valence-electron chi connectivity index (χ4n) is 1.47. The van der Waals surface area contributed by atoms with Gasteiger partial charge in [-0.15, -0.1) is 0 Å². The van der Waals surface area contributed by atoms with Crippen molar-refractivity contribution in [1.29, 1.82) is 0 Å². The number of benzene rings is 1. The summed E-state index contributed by atoms with van der Waals surface area (Å²) in [5.74, 6) is 0.935. The highest BCUT2D eigenvalue weighted by molar-refractivity contribution is 7.89. The summed E-state index contributed by atoms with van der Waals surface area (Å²) >= 11 is 0. The normalized spacial score (nSPS) is 13.7. The highest BCUT2D eigenvalue weighted by Gasteiger charge is 2.19. The van der Waals surface area contributed by atoms with Crippen LogP contribution in [0.4, 0.5) is 0 Å². The van der Waals surface area contributed by atoms with Crippen molar-refractivity contribution in [1.82, 2.24) is 4.72 Å². The zero-order valence-electron chi connectivity index (χ0n) is 11.5. The lowest BCUT2D eigenvalue weighted by Crippen LogP contribution is -2.36. The van der Waals surface area contributed by atoms with Gasteiger partial charge < -0.3 is 4.74 Å². The Labute approximate surface area is 109 Å². The summed E-state index contributed by atoms with van der Waals surface area (Å²) in [6.07, 6.45) is 0. The number of methoxy groups -OCH3 is 1. The molecule has 0 aliphatic carbocycles. The molecule has 0 radical (unpaired) electrons. The van der Waals surface area contributed by atoms with Crippen LogP contribution in [0.15, 0.2) is 23.1 Å². The molecular formula is C13H21NO3S. The minimum absolute atomic E-state index is 0.0996. The molecule has 1 rings (SSSR count). The first kappa shape index (κ1) is 15.0. The summed E-state index contributed by atoms with van der Waals surface area (Å²) in [5.41, 5.74) is 0.803. The number of ether oxygens (including phenoxy) is 1. The summed E-state index contributed by atoms with van der Waals surface area (Å²) in [7, 11) is -1.89. The summed E-state index contributed by atoms with van der Waals surface area (Å²) in [6.45, 7) is 7.64. The van der Waals surface area contributed by atoms with Gasteiger partial charge in [0.25, 0.3) is 0 Å². The van der Waals surface area contributed by atoms with Crippen LogP contribution < -0.4 is 9.46 Å². The SMILES string of the molecule is COc1ccc(S(=O)(=O)N[C@H](C)C(C)C)cc1C. The van der Waals surface area contributed by atoms with Gasteiger partial charge in [0.05, 0.1) is 12.0 Å². The van der Waals surface area contributed by atoms with E-state index in [2.05, 4.69) is 4.72 Å². The third kappa shape index (κ3) is 3.46. The molecule has 4 nitrogen and oxygen atoms in total. The first-order chi connectivity index (χ1) is 8.27. The van der Waals surface area contributed by atoms with Gasteiger partial charge in [0.2, 0.25) is 10.0 Å². The van der Waals surface area contributed by atoms with Crippen LogP contribution in [0, 0.1) is 12.8 Å². The number of rotatable bonds is 5. The molecule has 0 saturated carbocycles. The Balaban J connectivity index is 3.02. The number of nitrogens with one attached hydrogen (secondary N) is 1. The lowest BCUT2D eigenvalue weighted by molar-refractivity contribution is 0.411. The Morgan fingerprint density at radius 3 is 2.28 bits per heavy atom. The second-order valence-electron chi connectivity index (χ2n) is 4.79. The molecule has 0 unspecified atom stereocenters. The zero-order chi connectivity index (χ0) is 13.9. The predicted molar refractivity (Wildman–Crippen MR) is 72.4 cm³/mol. The highest BCUT2D eigenvalue weighted by Crippen LogP contribution is 2.21. The van der Waals surface area contributed by atoms with Crippen LogP contribution in [0.3, 0.4) is 0 Å². The molecule has 0 saturated heterocycles. The topological polar surface area (TPSA) is 55.4 Å². The van der Waals surface area contributed by atoms with E-state index in [1.54, 1.807) is 25.3 Å². The fourth-order valence-corrected chi connectivity index (χ4v) is 2.94. The molecule has 0 aromatic heterocycles. The second-order valence-corrected chi connectivity index (χ2v) is 6.50. The van der Waals surface area contributed by atoms with E-state index < -0.39 is 10.0 Å². The minimum atomic E-state index is -3.46. The lowest BCUT2D eigenvalue weighted by atomic mass is 10.1. The summed E-state index contributed by atoms with van der Waals surface area (Å²) in [5, 5.41) is 0. The number of hydrogen-bond acceptors (Lipinski definition) is 3. The number of sulfonamides is 1. The van der Waals surface area contributed by atoms with Gasteiger partial charge in [-0.2, -0.15) is 0 Å². The smallest absolute Gasteiger partial charge is 0.240 e. The van der Waals surface area contributed by atoms with Crippen LogP contribution in [0.2, 0.25) is 0 Å². The van der Waals surface area contributed by atoms with E-state index in [1.807, 2.05) is 27.7 Å². The predicted octanol–water partition coefficient (Wildman–Crippen LogP) is 2.33. The van der Waals surface area contributed by atoms with Crippen molar-refractivity contribution >= 4 is 10.0 Å². The van der Waals surface area contributed by atoms with Crippen molar-refractivity contribution < 1.29 is 13.2 Å². The van der Waals surface area contributed by atoms with Gasteiger partial charge in [-0.3, -0.25) is 0 Å². The Morgan fingerprint density at radius 1 is 1.22 bits per heavy atom. The first-order valence-electron chi connectivity index (χ1n) is 5.95. The van der Waals surface area contributed by atoms with Crippen molar-refractivity contribution in [2.75, 3.05) is 7.11 Å². The third-order valence-electron chi connectivity index (χ3n) is 3.02. The molecule has 0 aliphatic rings. The van der Waals surface area contributed by atoms with E-state index >= 15 is 0 Å². The Kier molecular flexibility index (Phi) is 4.76. The fraction of sp³-hybridized carbons (Fsp3) is 0.538. The Hall–Kier alpha value is -1.07. The minimum Gasteiger partial charge on any atom is -0.496 e. The van der Waals surface area contributed by atoms with E-state index in [9.17, 15) is 8.42 Å². The van der Waals surface area contributed by atoms with E-state index in [0.29, 0.717) is 5.75 Å². The van der Waals surface area contributed by atoms with Crippen LogP contribution >= 0.6 is 0 Å². The molecule has 1 aromatic carbocycles. The van der Waals surface area contributed by atoms with E-state index in [-0.39, 0.29) is 16.9 Å². The monoisotopic (exact) mass is 271 g/mol. The second kappa shape index (κ2) is 5.71. The van der Waals surface area contributed by atoms with Gasteiger partial charge in [0.15, 0.2) is 0 Å². The van der Waals surface area contributed by atoms with Crippen molar-refractivity contribution in [3.05, 3.63) is 23.8 Å².